The number of aliphatic hydroxyl groups excluding tert-OH is 1. The topological polar surface area (TPSA) is 60.8 Å². The van der Waals surface area contributed by atoms with E-state index >= 15 is 0 Å². The van der Waals surface area contributed by atoms with E-state index in [0.29, 0.717) is 6.54 Å². The molecule has 1 heterocycles. The largest absolute Gasteiger partial charge is 0.481 e. The number of carboxylic acids is 1. The number of likely N-dealkylation sites (tertiary alicyclic amines) is 1. The van der Waals surface area contributed by atoms with E-state index in [4.69, 9.17) is 10.2 Å². The Morgan fingerprint density at radius 2 is 1.92 bits per heavy atom. The molecule has 5 heteroatoms. The average Bonchev–Trinajstić information content (AvgIpc) is 2.03. The Morgan fingerprint density at radius 1 is 1.38 bits per heavy atom. The van der Waals surface area contributed by atoms with Gasteiger partial charge in [-0.2, -0.15) is 0 Å². The maximum absolute atomic E-state index is 10.2. The number of nitrogens with zero attached hydrogens (tertiary/aromatic N) is 1. The molecule has 0 atom stereocenters. The zero-order chi connectivity index (χ0) is 8.97. The van der Waals surface area contributed by atoms with Crippen LogP contribution in [0, 0.1) is 0 Å². The van der Waals surface area contributed by atoms with Gasteiger partial charge in [0.05, 0.1) is 12.5 Å². The maximum Gasteiger partial charge on any atom is 0.304 e. The van der Waals surface area contributed by atoms with Crippen LogP contribution in [0.4, 0.5) is 0 Å². The first-order chi connectivity index (χ1) is 5.68. The zero-order valence-electron chi connectivity index (χ0n) is 7.48. The maximum atomic E-state index is 10.2. The van der Waals surface area contributed by atoms with Crippen LogP contribution < -0.4 is 0 Å². The first kappa shape index (κ1) is 12.7. The molecule has 0 bridgehead atoms. The van der Waals surface area contributed by atoms with Gasteiger partial charge < -0.3 is 15.1 Å². The van der Waals surface area contributed by atoms with Gasteiger partial charge in [-0.1, -0.05) is 0 Å². The first-order valence-electron chi connectivity index (χ1n) is 4.30. The van der Waals surface area contributed by atoms with E-state index < -0.39 is 5.97 Å². The number of rotatable bonds is 3. The van der Waals surface area contributed by atoms with Crippen molar-refractivity contribution in [3.63, 3.8) is 0 Å². The normalized spacial score (nSPS) is 19.5. The molecule has 0 spiro atoms. The van der Waals surface area contributed by atoms with E-state index in [1.54, 1.807) is 0 Å². The molecule has 0 aliphatic carbocycles. The van der Waals surface area contributed by atoms with Crippen LogP contribution in [-0.4, -0.2) is 46.8 Å². The molecule has 4 nitrogen and oxygen atoms in total. The molecule has 2 N–H and O–H groups in total. The molecule has 0 aromatic carbocycles. The fourth-order valence-electron chi connectivity index (χ4n) is 1.40. The summed E-state index contributed by atoms with van der Waals surface area (Å²) in [6.45, 7) is 2.27. The summed E-state index contributed by atoms with van der Waals surface area (Å²) >= 11 is 0. The lowest BCUT2D eigenvalue weighted by Crippen LogP contribution is -2.37. The van der Waals surface area contributed by atoms with Crippen molar-refractivity contribution in [1.82, 2.24) is 4.90 Å². The molecule has 0 aromatic heterocycles. The highest BCUT2D eigenvalue weighted by atomic mass is 35.5. The van der Waals surface area contributed by atoms with Crippen molar-refractivity contribution in [2.75, 3.05) is 19.6 Å². The van der Waals surface area contributed by atoms with Gasteiger partial charge in [0.15, 0.2) is 0 Å². The first-order valence-corrected chi connectivity index (χ1v) is 4.30. The predicted octanol–water partition coefficient (Wildman–Crippen LogP) is 0.340. The molecule has 0 amide bonds. The molecule has 0 aromatic rings. The van der Waals surface area contributed by atoms with E-state index in [9.17, 15) is 4.79 Å². The van der Waals surface area contributed by atoms with Crippen LogP contribution >= 0.6 is 12.4 Å². The van der Waals surface area contributed by atoms with Crippen LogP contribution in [0.3, 0.4) is 0 Å². The molecule has 0 saturated carbocycles. The Bertz CT molecular complexity index is 157. The minimum absolute atomic E-state index is 0. The van der Waals surface area contributed by atoms with E-state index in [1.165, 1.54) is 0 Å². The van der Waals surface area contributed by atoms with E-state index in [1.807, 2.05) is 0 Å². The van der Waals surface area contributed by atoms with Crippen molar-refractivity contribution >= 4 is 18.4 Å². The second kappa shape index (κ2) is 6.18. The van der Waals surface area contributed by atoms with Crippen molar-refractivity contribution in [3.8, 4) is 0 Å². The number of aliphatic carboxylic acids is 1. The summed E-state index contributed by atoms with van der Waals surface area (Å²) < 4.78 is 0. The van der Waals surface area contributed by atoms with Crippen molar-refractivity contribution in [3.05, 3.63) is 0 Å². The highest BCUT2D eigenvalue weighted by Crippen LogP contribution is 2.09. The smallest absolute Gasteiger partial charge is 0.304 e. The summed E-state index contributed by atoms with van der Waals surface area (Å²) in [5.74, 6) is -0.749. The third kappa shape index (κ3) is 5.08. The second-order valence-electron chi connectivity index (χ2n) is 3.22. The van der Waals surface area contributed by atoms with Crippen LogP contribution in [0.5, 0.6) is 0 Å². The lowest BCUT2D eigenvalue weighted by molar-refractivity contribution is -0.137. The molecular formula is C8H16ClNO3. The summed E-state index contributed by atoms with van der Waals surface area (Å²) in [5, 5.41) is 17.6. The monoisotopic (exact) mass is 209 g/mol. The standard InChI is InChI=1S/C8H15NO3.ClH/c10-7-1-4-9(5-2-7)6-3-8(11)12;/h7,10H,1-6H2,(H,11,12);1H. The van der Waals surface area contributed by atoms with E-state index in [2.05, 4.69) is 4.90 Å². The number of carbonyl (C=O) groups is 1. The minimum atomic E-state index is -0.749. The number of hydrogen-bond acceptors (Lipinski definition) is 3. The fourth-order valence-corrected chi connectivity index (χ4v) is 1.40. The molecule has 0 unspecified atom stereocenters. The Kier molecular flexibility index (Phi) is 6.03. The van der Waals surface area contributed by atoms with Gasteiger partial charge in [-0.15, -0.1) is 12.4 Å². The molecule has 0 radical (unpaired) electrons. The van der Waals surface area contributed by atoms with Crippen molar-refractivity contribution < 1.29 is 15.0 Å². The van der Waals surface area contributed by atoms with Crippen molar-refractivity contribution in [2.24, 2.45) is 0 Å². The Labute approximate surface area is 84.0 Å². The van der Waals surface area contributed by atoms with Gasteiger partial charge in [0.1, 0.15) is 0 Å². The predicted molar refractivity (Wildman–Crippen MR) is 51.2 cm³/mol. The molecule has 78 valence electrons. The molecule has 1 aliphatic rings. The summed E-state index contributed by atoms with van der Waals surface area (Å²) in [7, 11) is 0. The number of aliphatic hydroxyl groups is 1. The van der Waals surface area contributed by atoms with Gasteiger partial charge >= 0.3 is 5.97 Å². The molecule has 1 fully saturated rings. The highest BCUT2D eigenvalue weighted by molar-refractivity contribution is 5.85. The molecule has 13 heavy (non-hydrogen) atoms. The highest BCUT2D eigenvalue weighted by Gasteiger charge is 2.16. The number of halogens is 1. The SMILES string of the molecule is Cl.O=C(O)CCN1CCC(O)CC1. The second-order valence-corrected chi connectivity index (χ2v) is 3.22. The van der Waals surface area contributed by atoms with Crippen LogP contribution in [0.2, 0.25) is 0 Å². The lowest BCUT2D eigenvalue weighted by atomic mass is 10.1. The molecule has 1 saturated heterocycles. The summed E-state index contributed by atoms with van der Waals surface area (Å²) in [6, 6.07) is 0. The van der Waals surface area contributed by atoms with E-state index in [0.717, 1.165) is 25.9 Å². The van der Waals surface area contributed by atoms with Gasteiger partial charge in [0.25, 0.3) is 0 Å². The van der Waals surface area contributed by atoms with Gasteiger partial charge in [0, 0.05) is 19.6 Å². The van der Waals surface area contributed by atoms with E-state index in [-0.39, 0.29) is 24.9 Å². The molecular weight excluding hydrogens is 194 g/mol. The van der Waals surface area contributed by atoms with Crippen LogP contribution in [0.25, 0.3) is 0 Å². The van der Waals surface area contributed by atoms with Gasteiger partial charge in [-0.3, -0.25) is 4.79 Å². The Balaban J connectivity index is 0.00000144. The summed E-state index contributed by atoms with van der Waals surface area (Å²) in [6.07, 6.45) is 1.58. The van der Waals surface area contributed by atoms with Gasteiger partial charge in [-0.25, -0.2) is 0 Å². The van der Waals surface area contributed by atoms with Gasteiger partial charge in [0.2, 0.25) is 0 Å². The Morgan fingerprint density at radius 3 is 2.38 bits per heavy atom. The average molecular weight is 210 g/mol. The summed E-state index contributed by atoms with van der Waals surface area (Å²) in [4.78, 5) is 12.3. The van der Waals surface area contributed by atoms with Crippen LogP contribution in [-0.2, 0) is 4.79 Å². The fraction of sp³-hybridized carbons (Fsp3) is 0.875. The molecule has 1 rings (SSSR count). The number of carboxylic acid groups (broad SMARTS) is 1. The van der Waals surface area contributed by atoms with Crippen molar-refractivity contribution in [1.29, 1.82) is 0 Å². The van der Waals surface area contributed by atoms with Crippen LogP contribution in [0.15, 0.2) is 0 Å². The van der Waals surface area contributed by atoms with Crippen LogP contribution in [0.1, 0.15) is 19.3 Å². The molecule has 1 aliphatic heterocycles. The summed E-state index contributed by atoms with van der Waals surface area (Å²) in [5.41, 5.74) is 0. The minimum Gasteiger partial charge on any atom is -0.481 e. The number of piperidine rings is 1. The lowest BCUT2D eigenvalue weighted by Gasteiger charge is -2.28. The Hall–Kier alpha value is -0.320. The number of hydrogen-bond donors (Lipinski definition) is 2. The third-order valence-electron chi connectivity index (χ3n) is 2.20. The zero-order valence-corrected chi connectivity index (χ0v) is 8.29. The quantitative estimate of drug-likeness (QED) is 0.704. The van der Waals surface area contributed by atoms with Crippen molar-refractivity contribution in [2.45, 2.75) is 25.4 Å². The van der Waals surface area contributed by atoms with Gasteiger partial charge in [-0.05, 0) is 12.8 Å². The third-order valence-corrected chi connectivity index (χ3v) is 2.20.